The highest BCUT2D eigenvalue weighted by molar-refractivity contribution is 5.88. The molecule has 0 spiro atoms. The SMILES string of the molecule is O=C(O)c1ccc(O)cc1.O=C(O)c1ccc(O)cc1.c1ccc(-c2ccncc2)cc1.c1ccc(-c2ccncc2)cc1.c1ccc(-c2ccncc2)cc1.c1ccc(-c2ccncc2)cc1. The second-order valence-corrected chi connectivity index (χ2v) is 14.1. The fourth-order valence-corrected chi connectivity index (χ4v) is 5.91. The van der Waals surface area contributed by atoms with Gasteiger partial charge in [0.05, 0.1) is 11.1 Å². The van der Waals surface area contributed by atoms with E-state index in [4.69, 9.17) is 20.4 Å². The van der Waals surface area contributed by atoms with Gasteiger partial charge in [0.1, 0.15) is 11.5 Å². The third-order valence-corrected chi connectivity index (χ3v) is 9.38. The van der Waals surface area contributed by atoms with Crippen molar-refractivity contribution < 1.29 is 30.0 Å². The molecular formula is C58H48N4O6. The Bertz CT molecular complexity index is 2400. The number of benzene rings is 6. The van der Waals surface area contributed by atoms with Crippen LogP contribution in [-0.4, -0.2) is 52.3 Å². The molecule has 0 radical (unpaired) electrons. The van der Waals surface area contributed by atoms with Crippen molar-refractivity contribution >= 4 is 11.9 Å². The lowest BCUT2D eigenvalue weighted by atomic mass is 10.1. The minimum atomic E-state index is -0.986. The Kier molecular flexibility index (Phi) is 20.6. The summed E-state index contributed by atoms with van der Waals surface area (Å²) in [5, 5.41) is 34.3. The number of aromatic carboxylic acids is 2. The second kappa shape index (κ2) is 28.3. The molecule has 68 heavy (non-hydrogen) atoms. The van der Waals surface area contributed by atoms with E-state index in [1.54, 1.807) is 0 Å². The summed E-state index contributed by atoms with van der Waals surface area (Å²) in [4.78, 5) is 36.3. The predicted molar refractivity (Wildman–Crippen MR) is 269 cm³/mol. The molecular weight excluding hydrogens is 849 g/mol. The van der Waals surface area contributed by atoms with E-state index in [9.17, 15) is 9.59 Å². The third-order valence-electron chi connectivity index (χ3n) is 9.38. The van der Waals surface area contributed by atoms with E-state index in [0.29, 0.717) is 0 Å². The number of carboxylic acid groups (broad SMARTS) is 2. The highest BCUT2D eigenvalue weighted by Crippen LogP contribution is 2.19. The van der Waals surface area contributed by atoms with Gasteiger partial charge in [-0.05, 0) is 142 Å². The molecule has 0 unspecified atom stereocenters. The Morgan fingerprint density at radius 2 is 0.426 bits per heavy atom. The molecule has 10 heteroatoms. The minimum absolute atomic E-state index is 0.0741. The molecule has 0 aliphatic heterocycles. The van der Waals surface area contributed by atoms with Crippen molar-refractivity contribution in [1.82, 2.24) is 19.9 Å². The Morgan fingerprint density at radius 3 is 0.603 bits per heavy atom. The molecule has 4 N–H and O–H groups in total. The molecule has 0 bridgehead atoms. The molecule has 0 saturated carbocycles. The smallest absolute Gasteiger partial charge is 0.335 e. The largest absolute Gasteiger partial charge is 0.508 e. The maximum absolute atomic E-state index is 10.2. The number of carboxylic acids is 2. The molecule has 4 aromatic heterocycles. The van der Waals surface area contributed by atoms with Gasteiger partial charge in [-0.1, -0.05) is 121 Å². The van der Waals surface area contributed by atoms with Crippen molar-refractivity contribution in [3.63, 3.8) is 0 Å². The fourth-order valence-electron chi connectivity index (χ4n) is 5.91. The van der Waals surface area contributed by atoms with Crippen LogP contribution in [0.1, 0.15) is 20.7 Å². The van der Waals surface area contributed by atoms with Gasteiger partial charge in [-0.15, -0.1) is 0 Å². The molecule has 10 rings (SSSR count). The lowest BCUT2D eigenvalue weighted by molar-refractivity contribution is 0.0686. The van der Waals surface area contributed by atoms with E-state index in [0.717, 1.165) is 0 Å². The number of aromatic hydroxyl groups is 2. The van der Waals surface area contributed by atoms with Crippen LogP contribution in [0.15, 0.2) is 268 Å². The summed E-state index contributed by atoms with van der Waals surface area (Å²) >= 11 is 0. The number of pyridine rings is 4. The van der Waals surface area contributed by atoms with Crippen LogP contribution in [0, 0.1) is 0 Å². The molecule has 0 saturated heterocycles. The number of carbonyl (C=O) groups is 2. The van der Waals surface area contributed by atoms with Gasteiger partial charge >= 0.3 is 11.9 Å². The van der Waals surface area contributed by atoms with Crippen LogP contribution in [0.5, 0.6) is 11.5 Å². The van der Waals surface area contributed by atoms with E-state index in [1.165, 1.54) is 93.0 Å². The van der Waals surface area contributed by atoms with Crippen LogP contribution in [0.3, 0.4) is 0 Å². The summed E-state index contributed by atoms with van der Waals surface area (Å²) in [7, 11) is 0. The van der Waals surface area contributed by atoms with Crippen LogP contribution >= 0.6 is 0 Å². The van der Waals surface area contributed by atoms with Gasteiger partial charge in [0.25, 0.3) is 0 Å². The fraction of sp³-hybridized carbons (Fsp3) is 0. The predicted octanol–water partition coefficient (Wildman–Crippen LogP) is 13.2. The lowest BCUT2D eigenvalue weighted by Gasteiger charge is -1.98. The highest BCUT2D eigenvalue weighted by atomic mass is 16.4. The van der Waals surface area contributed by atoms with E-state index in [1.807, 2.05) is 171 Å². The van der Waals surface area contributed by atoms with Crippen LogP contribution in [0.25, 0.3) is 44.5 Å². The number of phenolic OH excluding ortho intramolecular Hbond substituents is 2. The van der Waals surface area contributed by atoms with Crippen molar-refractivity contribution in [2.45, 2.75) is 0 Å². The van der Waals surface area contributed by atoms with E-state index in [2.05, 4.69) is 68.5 Å². The summed E-state index contributed by atoms with van der Waals surface area (Å²) in [5.74, 6) is -1.82. The normalized spacial score (nSPS) is 9.53. The Morgan fingerprint density at radius 1 is 0.250 bits per heavy atom. The zero-order chi connectivity index (χ0) is 48.0. The number of rotatable bonds is 6. The Balaban J connectivity index is 0.000000153. The van der Waals surface area contributed by atoms with E-state index in [-0.39, 0.29) is 22.6 Å². The average Bonchev–Trinajstić information content (AvgIpc) is 3.42. The summed E-state index contributed by atoms with van der Waals surface area (Å²) in [6, 6.07) is 67.9. The molecule has 4 heterocycles. The summed E-state index contributed by atoms with van der Waals surface area (Å²) < 4.78 is 0. The number of hydrogen-bond acceptors (Lipinski definition) is 8. The second-order valence-electron chi connectivity index (χ2n) is 14.1. The van der Waals surface area contributed by atoms with Gasteiger partial charge in [0, 0.05) is 49.6 Å². The zero-order valence-corrected chi connectivity index (χ0v) is 36.8. The molecule has 10 nitrogen and oxygen atoms in total. The third kappa shape index (κ3) is 17.9. The maximum atomic E-state index is 10.2. The molecule has 10 aromatic rings. The summed E-state index contributed by atoms with van der Waals surface area (Å²) in [5.41, 5.74) is 10.2. The number of aromatic nitrogens is 4. The number of nitrogens with zero attached hydrogens (tertiary/aromatic N) is 4. The van der Waals surface area contributed by atoms with Crippen molar-refractivity contribution in [2.75, 3.05) is 0 Å². The molecule has 0 amide bonds. The van der Waals surface area contributed by atoms with Gasteiger partial charge in [-0.25, -0.2) is 9.59 Å². The maximum Gasteiger partial charge on any atom is 0.335 e. The minimum Gasteiger partial charge on any atom is -0.508 e. The van der Waals surface area contributed by atoms with Crippen LogP contribution in [0.2, 0.25) is 0 Å². The standard InChI is InChI=1S/4C11H9N.2C7H6O3/c4*1-2-4-10(5-3-1)11-6-8-12-9-7-11;2*8-6-3-1-5(2-4-6)7(9)10/h4*1-9H;2*1-4,8H,(H,9,10). The topological polar surface area (TPSA) is 167 Å². The van der Waals surface area contributed by atoms with Gasteiger partial charge in [0.15, 0.2) is 0 Å². The average molecular weight is 897 g/mol. The first kappa shape index (κ1) is 49.5. The van der Waals surface area contributed by atoms with Crippen molar-refractivity contribution in [3.8, 4) is 56.0 Å². The molecule has 336 valence electrons. The zero-order valence-electron chi connectivity index (χ0n) is 36.8. The molecule has 0 fully saturated rings. The summed E-state index contributed by atoms with van der Waals surface area (Å²) in [6.45, 7) is 0. The van der Waals surface area contributed by atoms with Crippen LogP contribution in [0.4, 0.5) is 0 Å². The number of hydrogen-bond donors (Lipinski definition) is 4. The van der Waals surface area contributed by atoms with Gasteiger partial charge < -0.3 is 20.4 Å². The van der Waals surface area contributed by atoms with Crippen molar-refractivity contribution in [3.05, 3.63) is 279 Å². The first-order valence-corrected chi connectivity index (χ1v) is 21.1. The summed E-state index contributed by atoms with van der Waals surface area (Å²) in [6.07, 6.45) is 14.5. The molecule has 0 atom stereocenters. The van der Waals surface area contributed by atoms with E-state index >= 15 is 0 Å². The Labute approximate surface area is 395 Å². The van der Waals surface area contributed by atoms with Crippen molar-refractivity contribution in [1.29, 1.82) is 0 Å². The molecule has 0 aliphatic rings. The number of phenols is 2. The monoisotopic (exact) mass is 896 g/mol. The van der Waals surface area contributed by atoms with E-state index < -0.39 is 11.9 Å². The molecule has 0 aliphatic carbocycles. The van der Waals surface area contributed by atoms with Crippen molar-refractivity contribution in [2.24, 2.45) is 0 Å². The van der Waals surface area contributed by atoms with Crippen LogP contribution < -0.4 is 0 Å². The Hall–Kier alpha value is -9.54. The lowest BCUT2D eigenvalue weighted by Crippen LogP contribution is -1.93. The van der Waals surface area contributed by atoms with Crippen LogP contribution in [-0.2, 0) is 0 Å². The van der Waals surface area contributed by atoms with Gasteiger partial charge in [0.2, 0.25) is 0 Å². The van der Waals surface area contributed by atoms with Gasteiger partial charge in [-0.3, -0.25) is 19.9 Å². The first-order valence-electron chi connectivity index (χ1n) is 21.1. The first-order chi connectivity index (χ1) is 33.3. The quantitative estimate of drug-likeness (QED) is 0.126. The highest BCUT2D eigenvalue weighted by Gasteiger charge is 2.01. The molecule has 6 aromatic carbocycles. The van der Waals surface area contributed by atoms with Gasteiger partial charge in [-0.2, -0.15) is 0 Å².